The summed E-state index contributed by atoms with van der Waals surface area (Å²) in [5, 5.41) is 6.44. The SMILES string of the molecule is Cc1ccc(NC(=O)C(C)N[C@H](C)C2CCCCC2)cc1. The zero-order chi connectivity index (χ0) is 15.2. The molecule has 0 bridgehead atoms. The Morgan fingerprint density at radius 3 is 2.33 bits per heavy atom. The lowest BCUT2D eigenvalue weighted by Gasteiger charge is -2.30. The Morgan fingerprint density at radius 2 is 1.71 bits per heavy atom. The van der Waals surface area contributed by atoms with Crippen LogP contribution in [0.1, 0.15) is 51.5 Å². The van der Waals surface area contributed by atoms with Crippen LogP contribution >= 0.6 is 0 Å². The largest absolute Gasteiger partial charge is 0.325 e. The van der Waals surface area contributed by atoms with Gasteiger partial charge in [-0.05, 0) is 51.7 Å². The molecule has 0 spiro atoms. The molecule has 2 rings (SSSR count). The van der Waals surface area contributed by atoms with Crippen LogP contribution in [0.5, 0.6) is 0 Å². The van der Waals surface area contributed by atoms with Crippen molar-refractivity contribution in [3.8, 4) is 0 Å². The van der Waals surface area contributed by atoms with Gasteiger partial charge in [0.1, 0.15) is 0 Å². The number of rotatable bonds is 5. The minimum atomic E-state index is -0.164. The van der Waals surface area contributed by atoms with Gasteiger partial charge in [-0.1, -0.05) is 37.0 Å². The van der Waals surface area contributed by atoms with E-state index in [9.17, 15) is 4.79 Å². The summed E-state index contributed by atoms with van der Waals surface area (Å²) in [5.74, 6) is 0.759. The molecule has 1 unspecified atom stereocenters. The molecule has 2 atom stereocenters. The normalized spacial score (nSPS) is 19.0. The van der Waals surface area contributed by atoms with Gasteiger partial charge in [-0.3, -0.25) is 4.79 Å². The number of aryl methyl sites for hydroxylation is 1. The summed E-state index contributed by atoms with van der Waals surface area (Å²) in [6.45, 7) is 6.20. The van der Waals surface area contributed by atoms with Crippen LogP contribution in [0.25, 0.3) is 0 Å². The summed E-state index contributed by atoms with van der Waals surface area (Å²) < 4.78 is 0. The highest BCUT2D eigenvalue weighted by Crippen LogP contribution is 2.26. The van der Waals surface area contributed by atoms with Crippen molar-refractivity contribution in [1.82, 2.24) is 5.32 Å². The van der Waals surface area contributed by atoms with Crippen LogP contribution in [0.15, 0.2) is 24.3 Å². The van der Waals surface area contributed by atoms with Gasteiger partial charge < -0.3 is 10.6 Å². The van der Waals surface area contributed by atoms with Crippen molar-refractivity contribution in [1.29, 1.82) is 0 Å². The predicted octanol–water partition coefficient (Wildman–Crippen LogP) is 3.88. The highest BCUT2D eigenvalue weighted by atomic mass is 16.2. The molecule has 1 aromatic carbocycles. The average molecular weight is 288 g/mol. The first-order chi connectivity index (χ1) is 10.1. The van der Waals surface area contributed by atoms with E-state index in [1.807, 2.05) is 38.1 Å². The summed E-state index contributed by atoms with van der Waals surface area (Å²) >= 11 is 0. The van der Waals surface area contributed by atoms with E-state index < -0.39 is 0 Å². The zero-order valence-corrected chi connectivity index (χ0v) is 13.5. The molecule has 1 saturated carbocycles. The lowest BCUT2D eigenvalue weighted by molar-refractivity contribution is -0.118. The molecule has 1 aliphatic rings. The van der Waals surface area contributed by atoms with E-state index in [0.717, 1.165) is 5.69 Å². The fourth-order valence-corrected chi connectivity index (χ4v) is 3.13. The molecule has 0 aliphatic heterocycles. The van der Waals surface area contributed by atoms with Gasteiger partial charge in [0.25, 0.3) is 0 Å². The Kier molecular flexibility index (Phi) is 5.80. The van der Waals surface area contributed by atoms with Crippen LogP contribution in [0.2, 0.25) is 0 Å². The third-order valence-corrected chi connectivity index (χ3v) is 4.58. The van der Waals surface area contributed by atoms with Crippen LogP contribution in [0.4, 0.5) is 5.69 Å². The molecule has 1 fully saturated rings. The van der Waals surface area contributed by atoms with Crippen molar-refractivity contribution in [3.05, 3.63) is 29.8 Å². The van der Waals surface area contributed by atoms with E-state index in [-0.39, 0.29) is 11.9 Å². The smallest absolute Gasteiger partial charge is 0.241 e. The molecule has 21 heavy (non-hydrogen) atoms. The van der Waals surface area contributed by atoms with E-state index in [1.54, 1.807) is 0 Å². The molecule has 3 nitrogen and oxygen atoms in total. The second kappa shape index (κ2) is 7.60. The number of carbonyl (C=O) groups is 1. The maximum absolute atomic E-state index is 12.2. The highest BCUT2D eigenvalue weighted by Gasteiger charge is 2.23. The molecular formula is C18H28N2O. The molecule has 2 N–H and O–H groups in total. The monoisotopic (exact) mass is 288 g/mol. The van der Waals surface area contributed by atoms with Crippen LogP contribution in [-0.4, -0.2) is 18.0 Å². The molecule has 3 heteroatoms. The van der Waals surface area contributed by atoms with Crippen molar-refractivity contribution in [2.24, 2.45) is 5.92 Å². The Bertz CT molecular complexity index is 449. The van der Waals surface area contributed by atoms with Crippen LogP contribution in [0, 0.1) is 12.8 Å². The minimum absolute atomic E-state index is 0.0431. The quantitative estimate of drug-likeness (QED) is 0.863. The topological polar surface area (TPSA) is 41.1 Å². The van der Waals surface area contributed by atoms with Crippen LogP contribution in [0.3, 0.4) is 0 Å². The maximum atomic E-state index is 12.2. The lowest BCUT2D eigenvalue weighted by Crippen LogP contribution is -2.46. The Morgan fingerprint density at radius 1 is 1.10 bits per heavy atom. The van der Waals surface area contributed by atoms with Gasteiger partial charge >= 0.3 is 0 Å². The first-order valence-corrected chi connectivity index (χ1v) is 8.20. The van der Waals surface area contributed by atoms with Crippen molar-refractivity contribution >= 4 is 11.6 Å². The third kappa shape index (κ3) is 4.85. The molecular weight excluding hydrogens is 260 g/mol. The number of hydrogen-bond donors (Lipinski definition) is 2. The van der Waals surface area contributed by atoms with Gasteiger partial charge in [0.2, 0.25) is 5.91 Å². The van der Waals surface area contributed by atoms with E-state index in [1.165, 1.54) is 37.7 Å². The second-order valence-corrected chi connectivity index (χ2v) is 6.43. The van der Waals surface area contributed by atoms with Crippen molar-refractivity contribution in [2.45, 2.75) is 65.0 Å². The van der Waals surface area contributed by atoms with Crippen LogP contribution < -0.4 is 10.6 Å². The van der Waals surface area contributed by atoms with Gasteiger partial charge in [-0.15, -0.1) is 0 Å². The molecule has 0 saturated heterocycles. The molecule has 1 aliphatic carbocycles. The third-order valence-electron chi connectivity index (χ3n) is 4.58. The van der Waals surface area contributed by atoms with Crippen LogP contribution in [-0.2, 0) is 4.79 Å². The Balaban J connectivity index is 1.82. The molecule has 116 valence electrons. The first-order valence-electron chi connectivity index (χ1n) is 8.20. The van der Waals surface area contributed by atoms with Gasteiger partial charge in [0.15, 0.2) is 0 Å². The number of nitrogens with one attached hydrogen (secondary N) is 2. The van der Waals surface area contributed by atoms with Crippen molar-refractivity contribution < 1.29 is 4.79 Å². The van der Waals surface area contributed by atoms with E-state index in [4.69, 9.17) is 0 Å². The number of benzene rings is 1. The maximum Gasteiger partial charge on any atom is 0.241 e. The fourth-order valence-electron chi connectivity index (χ4n) is 3.13. The number of hydrogen-bond acceptors (Lipinski definition) is 2. The Hall–Kier alpha value is -1.35. The summed E-state index contributed by atoms with van der Waals surface area (Å²) in [6.07, 6.45) is 6.62. The van der Waals surface area contributed by atoms with Gasteiger partial charge in [0, 0.05) is 11.7 Å². The standard InChI is InChI=1S/C18H28N2O/c1-13-9-11-17(12-10-13)20-18(21)15(3)19-14(2)16-7-5-4-6-8-16/h9-12,14-16,19H,4-8H2,1-3H3,(H,20,21)/t14-,15?/m1/s1. The minimum Gasteiger partial charge on any atom is -0.325 e. The zero-order valence-electron chi connectivity index (χ0n) is 13.5. The summed E-state index contributed by atoms with van der Waals surface area (Å²) in [4.78, 5) is 12.2. The summed E-state index contributed by atoms with van der Waals surface area (Å²) in [7, 11) is 0. The summed E-state index contributed by atoms with van der Waals surface area (Å²) in [6, 6.07) is 8.17. The second-order valence-electron chi connectivity index (χ2n) is 6.43. The van der Waals surface area contributed by atoms with E-state index in [0.29, 0.717) is 12.0 Å². The fraction of sp³-hybridized carbons (Fsp3) is 0.611. The van der Waals surface area contributed by atoms with Crippen molar-refractivity contribution in [2.75, 3.05) is 5.32 Å². The molecule has 1 amide bonds. The Labute approximate surface area is 128 Å². The number of amides is 1. The van der Waals surface area contributed by atoms with Gasteiger partial charge in [0.05, 0.1) is 6.04 Å². The summed E-state index contributed by atoms with van der Waals surface area (Å²) in [5.41, 5.74) is 2.06. The van der Waals surface area contributed by atoms with E-state index >= 15 is 0 Å². The highest BCUT2D eigenvalue weighted by molar-refractivity contribution is 5.94. The average Bonchev–Trinajstić information content (AvgIpc) is 2.50. The van der Waals surface area contributed by atoms with E-state index in [2.05, 4.69) is 17.6 Å². The first kappa shape index (κ1) is 16.0. The van der Waals surface area contributed by atoms with Gasteiger partial charge in [-0.2, -0.15) is 0 Å². The van der Waals surface area contributed by atoms with Crippen molar-refractivity contribution in [3.63, 3.8) is 0 Å². The number of carbonyl (C=O) groups excluding carboxylic acids is 1. The predicted molar refractivity (Wildman–Crippen MR) is 88.4 cm³/mol. The number of anilines is 1. The lowest BCUT2D eigenvalue weighted by atomic mass is 9.84. The molecule has 0 aromatic heterocycles. The molecule has 1 aromatic rings. The van der Waals surface area contributed by atoms with Gasteiger partial charge in [-0.25, -0.2) is 0 Å². The molecule has 0 heterocycles. The molecule has 0 radical (unpaired) electrons.